The van der Waals surface area contributed by atoms with Crippen LogP contribution >= 0.6 is 0 Å². The van der Waals surface area contributed by atoms with Crippen LogP contribution in [-0.2, 0) is 33.5 Å². The Labute approximate surface area is 182 Å². The van der Waals surface area contributed by atoms with Crippen LogP contribution in [0.1, 0.15) is 49.9 Å². The van der Waals surface area contributed by atoms with Gasteiger partial charge in [-0.25, -0.2) is 8.93 Å². The molecule has 0 amide bonds. The summed E-state index contributed by atoms with van der Waals surface area (Å²) in [5.41, 5.74) is 4.18. The summed E-state index contributed by atoms with van der Waals surface area (Å²) in [6, 6.07) is 13.3. The standard InChI is InChI=1S/C24H33NO4S/c1-7-28-23(26)22(25-30(27)24(4,5)6)15-21-17(2)13-20(14-18(21)3)29-16-19-11-9-8-10-12-19/h8-14,22,25H,7,15-16H2,1-6H3/t22-,30-/m0/s1. The Morgan fingerprint density at radius 1 is 1.10 bits per heavy atom. The van der Waals surface area contributed by atoms with Crippen molar-refractivity contribution in [1.29, 1.82) is 0 Å². The van der Waals surface area contributed by atoms with Gasteiger partial charge in [0, 0.05) is 0 Å². The van der Waals surface area contributed by atoms with Gasteiger partial charge in [-0.1, -0.05) is 30.3 Å². The molecule has 0 spiro atoms. The minimum Gasteiger partial charge on any atom is -0.489 e. The molecule has 164 valence electrons. The lowest BCUT2D eigenvalue weighted by atomic mass is 9.96. The zero-order chi connectivity index (χ0) is 22.3. The second-order valence-corrected chi connectivity index (χ2v) is 10.3. The number of aryl methyl sites for hydroxylation is 2. The van der Waals surface area contributed by atoms with E-state index >= 15 is 0 Å². The maximum absolute atomic E-state index is 12.6. The first kappa shape index (κ1) is 24.1. The van der Waals surface area contributed by atoms with E-state index < -0.39 is 27.7 Å². The maximum atomic E-state index is 12.6. The lowest BCUT2D eigenvalue weighted by Gasteiger charge is -2.24. The number of esters is 1. The third kappa shape index (κ3) is 6.96. The SMILES string of the molecule is CCOC(=O)[C@H](Cc1c(C)cc(OCc2ccccc2)cc1C)N[S@@](=O)C(C)(C)C. The van der Waals surface area contributed by atoms with Crippen molar-refractivity contribution >= 4 is 17.0 Å². The summed E-state index contributed by atoms with van der Waals surface area (Å²) in [7, 11) is -1.38. The average Bonchev–Trinajstić information content (AvgIpc) is 2.68. The molecular weight excluding hydrogens is 398 g/mol. The summed E-state index contributed by atoms with van der Waals surface area (Å²) in [4.78, 5) is 12.5. The molecule has 0 saturated carbocycles. The number of carbonyl (C=O) groups excluding carboxylic acids is 1. The first-order valence-corrected chi connectivity index (χ1v) is 11.4. The van der Waals surface area contributed by atoms with E-state index in [0.717, 1.165) is 28.0 Å². The van der Waals surface area contributed by atoms with Crippen LogP contribution in [0.4, 0.5) is 0 Å². The number of rotatable bonds is 9. The fourth-order valence-corrected chi connectivity index (χ4v) is 3.82. The van der Waals surface area contributed by atoms with Crippen molar-refractivity contribution < 1.29 is 18.5 Å². The Bertz CT molecular complexity index is 852. The highest BCUT2D eigenvalue weighted by Crippen LogP contribution is 2.24. The Hall–Kier alpha value is -2.18. The summed E-state index contributed by atoms with van der Waals surface area (Å²) in [5.74, 6) is 0.398. The number of hydrogen-bond acceptors (Lipinski definition) is 4. The predicted molar refractivity (Wildman–Crippen MR) is 122 cm³/mol. The van der Waals surface area contributed by atoms with Gasteiger partial charge in [0.25, 0.3) is 0 Å². The van der Waals surface area contributed by atoms with E-state index in [-0.39, 0.29) is 6.61 Å². The highest BCUT2D eigenvalue weighted by molar-refractivity contribution is 7.84. The van der Waals surface area contributed by atoms with Gasteiger partial charge in [0.1, 0.15) is 18.4 Å². The van der Waals surface area contributed by atoms with Crippen LogP contribution in [0.25, 0.3) is 0 Å². The molecule has 0 heterocycles. The smallest absolute Gasteiger partial charge is 0.324 e. The number of nitrogens with one attached hydrogen (secondary N) is 1. The molecule has 0 aliphatic rings. The largest absolute Gasteiger partial charge is 0.489 e. The summed E-state index contributed by atoms with van der Waals surface area (Å²) >= 11 is 0. The highest BCUT2D eigenvalue weighted by atomic mass is 32.2. The molecule has 6 heteroatoms. The van der Waals surface area contributed by atoms with Crippen molar-refractivity contribution in [3.05, 3.63) is 64.7 Å². The summed E-state index contributed by atoms with van der Waals surface area (Å²) in [5, 5.41) is 0. The molecule has 0 aromatic heterocycles. The Morgan fingerprint density at radius 3 is 2.23 bits per heavy atom. The second kappa shape index (κ2) is 10.7. The summed E-state index contributed by atoms with van der Waals surface area (Å²) in [6.07, 6.45) is 0.400. The minimum absolute atomic E-state index is 0.281. The van der Waals surface area contributed by atoms with E-state index in [1.54, 1.807) is 6.92 Å². The lowest BCUT2D eigenvalue weighted by Crippen LogP contribution is -2.46. The maximum Gasteiger partial charge on any atom is 0.324 e. The van der Waals surface area contributed by atoms with Crippen LogP contribution in [0.3, 0.4) is 0 Å². The van der Waals surface area contributed by atoms with Gasteiger partial charge in [-0.2, -0.15) is 0 Å². The fourth-order valence-electron chi connectivity index (χ4n) is 3.03. The topological polar surface area (TPSA) is 64.6 Å². The van der Waals surface area contributed by atoms with E-state index in [9.17, 15) is 9.00 Å². The third-order valence-corrected chi connectivity index (χ3v) is 6.31. The molecule has 5 nitrogen and oxygen atoms in total. The van der Waals surface area contributed by atoms with Crippen LogP contribution in [-0.4, -0.2) is 27.6 Å². The van der Waals surface area contributed by atoms with Gasteiger partial charge in [0.2, 0.25) is 0 Å². The van der Waals surface area contributed by atoms with Gasteiger partial charge in [0.15, 0.2) is 0 Å². The van der Waals surface area contributed by atoms with Crippen LogP contribution in [0.2, 0.25) is 0 Å². The molecule has 0 saturated heterocycles. The Morgan fingerprint density at radius 2 is 1.70 bits per heavy atom. The molecule has 0 fully saturated rings. The zero-order valence-electron chi connectivity index (χ0n) is 18.8. The first-order valence-electron chi connectivity index (χ1n) is 10.2. The molecule has 2 aromatic rings. The molecular formula is C24H33NO4S. The van der Waals surface area contributed by atoms with Gasteiger partial charge in [-0.3, -0.25) is 4.79 Å². The predicted octanol–water partition coefficient (Wildman–Crippen LogP) is 4.41. The van der Waals surface area contributed by atoms with Gasteiger partial charge in [-0.15, -0.1) is 0 Å². The normalized spacial score (nSPS) is 13.5. The van der Waals surface area contributed by atoms with Crippen molar-refractivity contribution in [1.82, 2.24) is 4.72 Å². The van der Waals surface area contributed by atoms with Crippen molar-refractivity contribution in [2.24, 2.45) is 0 Å². The van der Waals surface area contributed by atoms with Crippen molar-refractivity contribution in [3.63, 3.8) is 0 Å². The van der Waals surface area contributed by atoms with Gasteiger partial charge in [0.05, 0.1) is 22.3 Å². The van der Waals surface area contributed by atoms with E-state index in [1.807, 2.05) is 77.1 Å². The summed E-state index contributed by atoms with van der Waals surface area (Å²) in [6.45, 7) is 12.2. The summed E-state index contributed by atoms with van der Waals surface area (Å²) < 4.78 is 26.3. The molecule has 2 rings (SSSR count). The Kier molecular flexibility index (Phi) is 8.62. The van der Waals surface area contributed by atoms with E-state index in [4.69, 9.17) is 9.47 Å². The van der Waals surface area contributed by atoms with Crippen LogP contribution in [0, 0.1) is 13.8 Å². The molecule has 0 bridgehead atoms. The van der Waals surface area contributed by atoms with Crippen LogP contribution in [0.15, 0.2) is 42.5 Å². The molecule has 0 unspecified atom stereocenters. The average molecular weight is 432 g/mol. The zero-order valence-corrected chi connectivity index (χ0v) is 19.6. The second-order valence-electron chi connectivity index (χ2n) is 8.32. The van der Waals surface area contributed by atoms with E-state index in [2.05, 4.69) is 4.72 Å². The van der Waals surface area contributed by atoms with Crippen LogP contribution < -0.4 is 9.46 Å². The number of hydrogen-bond donors (Lipinski definition) is 1. The molecule has 1 N–H and O–H groups in total. The number of ether oxygens (including phenoxy) is 2. The van der Waals surface area contributed by atoms with Crippen LogP contribution in [0.5, 0.6) is 5.75 Å². The minimum atomic E-state index is -1.38. The first-order chi connectivity index (χ1) is 14.1. The molecule has 30 heavy (non-hydrogen) atoms. The molecule has 2 aromatic carbocycles. The molecule has 0 aliphatic carbocycles. The van der Waals surface area contributed by atoms with Crippen molar-refractivity contribution in [2.45, 2.75) is 65.4 Å². The van der Waals surface area contributed by atoms with E-state index in [0.29, 0.717) is 13.0 Å². The monoisotopic (exact) mass is 431 g/mol. The van der Waals surface area contributed by atoms with Gasteiger partial charge < -0.3 is 9.47 Å². The van der Waals surface area contributed by atoms with Crippen molar-refractivity contribution in [3.8, 4) is 5.75 Å². The fraction of sp³-hybridized carbons (Fsp3) is 0.458. The third-order valence-electron chi connectivity index (χ3n) is 4.70. The Balaban J connectivity index is 2.18. The molecule has 2 atom stereocenters. The van der Waals surface area contributed by atoms with Gasteiger partial charge in [-0.05, 0) is 82.3 Å². The van der Waals surface area contributed by atoms with E-state index in [1.165, 1.54) is 0 Å². The molecule has 0 radical (unpaired) electrons. The highest BCUT2D eigenvalue weighted by Gasteiger charge is 2.28. The molecule has 0 aliphatic heterocycles. The van der Waals surface area contributed by atoms with Crippen molar-refractivity contribution in [2.75, 3.05) is 6.61 Å². The van der Waals surface area contributed by atoms with Gasteiger partial charge >= 0.3 is 5.97 Å². The number of carbonyl (C=O) groups is 1. The lowest BCUT2D eigenvalue weighted by molar-refractivity contribution is -0.145. The quantitative estimate of drug-likeness (QED) is 0.598. The number of benzene rings is 2.